The molecule has 1 unspecified atom stereocenters. The van der Waals surface area contributed by atoms with Crippen LogP contribution in [0.4, 0.5) is 8.78 Å². The minimum Gasteiger partial charge on any atom is -0.493 e. The smallest absolute Gasteiger partial charge is 0.387 e. The number of methoxy groups -OCH3 is 1. The van der Waals surface area contributed by atoms with Gasteiger partial charge in [0, 0.05) is 13.1 Å². The molecule has 1 heterocycles. The monoisotopic (exact) mass is 300 g/mol. The summed E-state index contributed by atoms with van der Waals surface area (Å²) in [5, 5.41) is 0. The van der Waals surface area contributed by atoms with E-state index >= 15 is 0 Å². The van der Waals surface area contributed by atoms with Crippen molar-refractivity contribution in [2.24, 2.45) is 11.7 Å². The van der Waals surface area contributed by atoms with Crippen molar-refractivity contribution in [1.29, 1.82) is 0 Å². The Morgan fingerprint density at radius 2 is 2.29 bits per heavy atom. The van der Waals surface area contributed by atoms with Gasteiger partial charge >= 0.3 is 6.61 Å². The number of ether oxygens (including phenoxy) is 2. The molecular formula is C14H18F2N2O3. The van der Waals surface area contributed by atoms with Crippen LogP contribution in [-0.4, -0.2) is 44.2 Å². The lowest BCUT2D eigenvalue weighted by Crippen LogP contribution is -2.30. The highest BCUT2D eigenvalue weighted by molar-refractivity contribution is 5.98. The number of halogens is 2. The number of carbonyl (C=O) groups is 1. The van der Waals surface area contributed by atoms with E-state index in [1.54, 1.807) is 11.0 Å². The number of likely N-dealkylation sites (tertiary alicyclic amines) is 1. The summed E-state index contributed by atoms with van der Waals surface area (Å²) in [5.41, 5.74) is 5.67. The Morgan fingerprint density at radius 1 is 1.52 bits per heavy atom. The fraction of sp³-hybridized carbons (Fsp3) is 0.500. The van der Waals surface area contributed by atoms with E-state index in [9.17, 15) is 13.6 Å². The fourth-order valence-electron chi connectivity index (χ4n) is 2.44. The number of nitrogens with zero attached hydrogens (tertiary/aromatic N) is 1. The largest absolute Gasteiger partial charge is 0.493 e. The maximum atomic E-state index is 12.6. The predicted octanol–water partition coefficient (Wildman–Crippen LogP) is 1.72. The van der Waals surface area contributed by atoms with E-state index in [2.05, 4.69) is 4.74 Å². The molecule has 0 spiro atoms. The molecule has 0 saturated carbocycles. The number of rotatable bonds is 5. The lowest BCUT2D eigenvalue weighted by molar-refractivity contribution is -0.0516. The first kappa shape index (κ1) is 15.5. The van der Waals surface area contributed by atoms with Crippen molar-refractivity contribution in [3.05, 3.63) is 23.8 Å². The first-order chi connectivity index (χ1) is 10.1. The Labute approximate surface area is 121 Å². The van der Waals surface area contributed by atoms with Crippen LogP contribution in [0.3, 0.4) is 0 Å². The zero-order chi connectivity index (χ0) is 15.4. The van der Waals surface area contributed by atoms with Gasteiger partial charge < -0.3 is 20.1 Å². The van der Waals surface area contributed by atoms with Gasteiger partial charge in [0.05, 0.1) is 12.7 Å². The molecule has 1 aliphatic rings. The first-order valence-electron chi connectivity index (χ1n) is 6.68. The SMILES string of the molecule is COc1cccc(C(=O)N2CCC(CN)C2)c1OC(F)F. The summed E-state index contributed by atoms with van der Waals surface area (Å²) in [7, 11) is 1.34. The van der Waals surface area contributed by atoms with Crippen molar-refractivity contribution >= 4 is 5.91 Å². The van der Waals surface area contributed by atoms with Gasteiger partial charge in [0.1, 0.15) is 0 Å². The summed E-state index contributed by atoms with van der Waals surface area (Å²) < 4.78 is 34.6. The van der Waals surface area contributed by atoms with Gasteiger partial charge in [0.2, 0.25) is 0 Å². The van der Waals surface area contributed by atoms with Gasteiger partial charge in [-0.1, -0.05) is 6.07 Å². The van der Waals surface area contributed by atoms with Gasteiger partial charge in [-0.05, 0) is 31.0 Å². The zero-order valence-electron chi connectivity index (χ0n) is 11.7. The molecule has 0 radical (unpaired) electrons. The Bertz CT molecular complexity index is 511. The van der Waals surface area contributed by atoms with Gasteiger partial charge in [-0.15, -0.1) is 0 Å². The molecule has 7 heteroatoms. The van der Waals surface area contributed by atoms with E-state index in [0.717, 1.165) is 6.42 Å². The third kappa shape index (κ3) is 3.41. The Hall–Kier alpha value is -1.89. The molecule has 1 fully saturated rings. The van der Waals surface area contributed by atoms with E-state index in [0.29, 0.717) is 19.6 Å². The standard InChI is InChI=1S/C14H18F2N2O3/c1-20-11-4-2-3-10(12(11)21-14(15)16)13(19)18-6-5-9(7-17)8-18/h2-4,9,14H,5-8,17H2,1H3. The predicted molar refractivity (Wildman–Crippen MR) is 72.7 cm³/mol. The highest BCUT2D eigenvalue weighted by atomic mass is 19.3. The summed E-state index contributed by atoms with van der Waals surface area (Å²) in [6.07, 6.45) is 0.817. The minimum absolute atomic E-state index is 0.0762. The molecule has 1 amide bonds. The lowest BCUT2D eigenvalue weighted by atomic mass is 10.1. The van der Waals surface area contributed by atoms with E-state index in [1.807, 2.05) is 0 Å². The van der Waals surface area contributed by atoms with E-state index in [1.165, 1.54) is 19.2 Å². The van der Waals surface area contributed by atoms with Crippen molar-refractivity contribution in [2.45, 2.75) is 13.0 Å². The van der Waals surface area contributed by atoms with E-state index in [4.69, 9.17) is 10.5 Å². The van der Waals surface area contributed by atoms with E-state index in [-0.39, 0.29) is 28.9 Å². The van der Waals surface area contributed by atoms with Crippen LogP contribution in [-0.2, 0) is 0 Å². The summed E-state index contributed by atoms with van der Waals surface area (Å²) in [6, 6.07) is 4.50. The normalized spacial score (nSPS) is 18.1. The molecule has 0 bridgehead atoms. The molecular weight excluding hydrogens is 282 g/mol. The van der Waals surface area contributed by atoms with Gasteiger partial charge in [0.25, 0.3) is 5.91 Å². The Kier molecular flexibility index (Phi) is 4.95. The van der Waals surface area contributed by atoms with Crippen molar-refractivity contribution < 1.29 is 23.0 Å². The van der Waals surface area contributed by atoms with E-state index < -0.39 is 6.61 Å². The molecule has 1 aliphatic heterocycles. The number of amides is 1. The molecule has 1 saturated heterocycles. The van der Waals surface area contributed by atoms with Crippen LogP contribution in [0, 0.1) is 5.92 Å². The Balaban J connectivity index is 2.28. The quantitative estimate of drug-likeness (QED) is 0.899. The number of hydrogen-bond acceptors (Lipinski definition) is 4. The fourth-order valence-corrected chi connectivity index (χ4v) is 2.44. The topological polar surface area (TPSA) is 64.8 Å². The average Bonchev–Trinajstić information content (AvgIpc) is 2.95. The van der Waals surface area contributed by atoms with Crippen LogP contribution in [0.1, 0.15) is 16.8 Å². The number of carbonyl (C=O) groups excluding carboxylic acids is 1. The highest BCUT2D eigenvalue weighted by Gasteiger charge is 2.29. The van der Waals surface area contributed by atoms with Gasteiger partial charge in [0.15, 0.2) is 11.5 Å². The molecule has 0 aromatic heterocycles. The molecule has 1 aromatic rings. The molecule has 2 rings (SSSR count). The third-order valence-corrected chi connectivity index (χ3v) is 3.54. The van der Waals surface area contributed by atoms with Crippen LogP contribution in [0.15, 0.2) is 18.2 Å². The molecule has 0 aliphatic carbocycles. The molecule has 1 aromatic carbocycles. The van der Waals surface area contributed by atoms with Crippen molar-refractivity contribution in [2.75, 3.05) is 26.7 Å². The summed E-state index contributed by atoms with van der Waals surface area (Å²) in [4.78, 5) is 14.1. The van der Waals surface area contributed by atoms with Gasteiger partial charge in [-0.25, -0.2) is 0 Å². The van der Waals surface area contributed by atoms with Crippen molar-refractivity contribution in [1.82, 2.24) is 4.90 Å². The molecule has 5 nitrogen and oxygen atoms in total. The summed E-state index contributed by atoms with van der Waals surface area (Å²) in [6.45, 7) is -1.43. The number of para-hydroxylation sites is 1. The van der Waals surface area contributed by atoms with Crippen LogP contribution < -0.4 is 15.2 Å². The second kappa shape index (κ2) is 6.71. The Morgan fingerprint density at radius 3 is 2.86 bits per heavy atom. The first-order valence-corrected chi connectivity index (χ1v) is 6.68. The molecule has 2 N–H and O–H groups in total. The van der Waals surface area contributed by atoms with Crippen LogP contribution >= 0.6 is 0 Å². The molecule has 116 valence electrons. The van der Waals surface area contributed by atoms with Gasteiger partial charge in [-0.2, -0.15) is 8.78 Å². The van der Waals surface area contributed by atoms with Crippen molar-refractivity contribution in [3.8, 4) is 11.5 Å². The maximum absolute atomic E-state index is 12.6. The molecule has 1 atom stereocenters. The zero-order valence-corrected chi connectivity index (χ0v) is 11.7. The third-order valence-electron chi connectivity index (χ3n) is 3.54. The number of hydrogen-bond donors (Lipinski definition) is 1. The minimum atomic E-state index is -3.02. The van der Waals surface area contributed by atoms with Crippen LogP contribution in [0.2, 0.25) is 0 Å². The van der Waals surface area contributed by atoms with Crippen LogP contribution in [0.5, 0.6) is 11.5 Å². The summed E-state index contributed by atoms with van der Waals surface area (Å²) >= 11 is 0. The highest BCUT2D eigenvalue weighted by Crippen LogP contribution is 2.34. The number of nitrogens with two attached hydrogens (primary N) is 1. The second-order valence-corrected chi connectivity index (χ2v) is 4.86. The molecule has 21 heavy (non-hydrogen) atoms. The van der Waals surface area contributed by atoms with Crippen molar-refractivity contribution in [3.63, 3.8) is 0 Å². The van der Waals surface area contributed by atoms with Gasteiger partial charge in [-0.3, -0.25) is 4.79 Å². The maximum Gasteiger partial charge on any atom is 0.387 e. The summed E-state index contributed by atoms with van der Waals surface area (Å²) in [5.74, 6) is -0.216. The number of benzene rings is 1. The second-order valence-electron chi connectivity index (χ2n) is 4.86. The lowest BCUT2D eigenvalue weighted by Gasteiger charge is -2.19. The average molecular weight is 300 g/mol. The van der Waals surface area contributed by atoms with Crippen LogP contribution in [0.25, 0.3) is 0 Å². The number of alkyl halides is 2.